The lowest BCUT2D eigenvalue weighted by molar-refractivity contribution is -0.135. The number of nitrogens with one attached hydrogen (secondary N) is 1. The normalized spacial score (nSPS) is 17.2. The number of nitrogens with zero attached hydrogens (tertiary/aromatic N) is 2. The molecule has 1 aliphatic rings. The largest absolute Gasteiger partial charge is 0.480 e. The Hall–Kier alpha value is -1.36. The van der Waals surface area contributed by atoms with Gasteiger partial charge in [-0.05, 0) is 18.9 Å². The van der Waals surface area contributed by atoms with Crippen LogP contribution in [0, 0.1) is 0 Å². The van der Waals surface area contributed by atoms with Gasteiger partial charge in [0.05, 0.1) is 18.3 Å². The van der Waals surface area contributed by atoms with Crippen molar-refractivity contribution in [3.8, 4) is 0 Å². The minimum absolute atomic E-state index is 0.0176. The maximum absolute atomic E-state index is 10.4. The summed E-state index contributed by atoms with van der Waals surface area (Å²) in [5.41, 5.74) is 0.914. The Balaban J connectivity index is 1.84. The molecular weight excluding hydrogens is 218 g/mol. The van der Waals surface area contributed by atoms with E-state index in [1.807, 2.05) is 16.9 Å². The van der Waals surface area contributed by atoms with Crippen LogP contribution in [0.15, 0.2) is 12.3 Å². The molecule has 0 saturated heterocycles. The first kappa shape index (κ1) is 12.1. The highest BCUT2D eigenvalue weighted by molar-refractivity contribution is 5.68. The molecule has 0 spiro atoms. The molecule has 0 aromatic carbocycles. The van der Waals surface area contributed by atoms with Crippen LogP contribution in [-0.4, -0.2) is 27.4 Å². The van der Waals surface area contributed by atoms with Crippen molar-refractivity contribution >= 4 is 5.97 Å². The summed E-state index contributed by atoms with van der Waals surface area (Å²) in [4.78, 5) is 10.4. The van der Waals surface area contributed by atoms with E-state index in [2.05, 4.69) is 10.4 Å². The first-order chi connectivity index (χ1) is 8.25. The zero-order valence-electron chi connectivity index (χ0n) is 9.93. The summed E-state index contributed by atoms with van der Waals surface area (Å²) in [7, 11) is 0. The van der Waals surface area contributed by atoms with Gasteiger partial charge in [0.15, 0.2) is 0 Å². The molecule has 94 valence electrons. The van der Waals surface area contributed by atoms with Crippen LogP contribution in [0.1, 0.15) is 43.8 Å². The topological polar surface area (TPSA) is 67.2 Å². The van der Waals surface area contributed by atoms with Gasteiger partial charge in [-0.1, -0.05) is 19.3 Å². The van der Waals surface area contributed by atoms with Crippen molar-refractivity contribution in [2.45, 2.75) is 44.7 Å². The molecule has 1 aliphatic carbocycles. The van der Waals surface area contributed by atoms with Crippen LogP contribution in [0.4, 0.5) is 0 Å². The van der Waals surface area contributed by atoms with E-state index in [9.17, 15) is 4.79 Å². The van der Waals surface area contributed by atoms with Gasteiger partial charge in [-0.25, -0.2) is 0 Å². The fourth-order valence-electron chi connectivity index (χ4n) is 2.32. The second kappa shape index (κ2) is 5.82. The molecule has 5 nitrogen and oxygen atoms in total. The van der Waals surface area contributed by atoms with Crippen molar-refractivity contribution in [2.75, 3.05) is 6.54 Å². The molecule has 2 N–H and O–H groups in total. The Labute approximate surface area is 101 Å². The van der Waals surface area contributed by atoms with E-state index in [-0.39, 0.29) is 6.54 Å². The Kier molecular flexibility index (Phi) is 4.14. The van der Waals surface area contributed by atoms with E-state index in [1.54, 1.807) is 0 Å². The van der Waals surface area contributed by atoms with Crippen molar-refractivity contribution < 1.29 is 9.90 Å². The highest BCUT2D eigenvalue weighted by atomic mass is 16.4. The summed E-state index contributed by atoms with van der Waals surface area (Å²) in [5, 5.41) is 15.8. The number of carboxylic acid groups (broad SMARTS) is 1. The molecule has 2 rings (SSSR count). The van der Waals surface area contributed by atoms with Gasteiger partial charge in [-0.3, -0.25) is 9.48 Å². The minimum atomic E-state index is -0.836. The lowest BCUT2D eigenvalue weighted by Crippen LogP contribution is -2.22. The monoisotopic (exact) mass is 237 g/mol. The maximum Gasteiger partial charge on any atom is 0.317 e. The molecule has 1 fully saturated rings. The number of carbonyl (C=O) groups is 1. The van der Waals surface area contributed by atoms with Gasteiger partial charge < -0.3 is 10.4 Å². The number of carboxylic acids is 1. The number of aliphatic carboxylic acids is 1. The van der Waals surface area contributed by atoms with Crippen LogP contribution in [0.3, 0.4) is 0 Å². The minimum Gasteiger partial charge on any atom is -0.480 e. The fourth-order valence-corrected chi connectivity index (χ4v) is 2.32. The molecular formula is C12H19N3O2. The molecule has 0 radical (unpaired) electrons. The molecule has 0 bridgehead atoms. The summed E-state index contributed by atoms with van der Waals surface area (Å²) in [6.45, 7) is 0.502. The van der Waals surface area contributed by atoms with E-state index >= 15 is 0 Å². The van der Waals surface area contributed by atoms with Crippen molar-refractivity contribution in [3.05, 3.63) is 18.0 Å². The first-order valence-electron chi connectivity index (χ1n) is 6.22. The molecule has 0 aliphatic heterocycles. The predicted octanol–water partition coefficient (Wildman–Crippen LogP) is 1.56. The molecule has 0 amide bonds. The molecule has 0 atom stereocenters. The van der Waals surface area contributed by atoms with Gasteiger partial charge >= 0.3 is 5.97 Å². The van der Waals surface area contributed by atoms with Crippen LogP contribution in [0.5, 0.6) is 0 Å². The van der Waals surface area contributed by atoms with Crippen LogP contribution >= 0.6 is 0 Å². The quantitative estimate of drug-likeness (QED) is 0.815. The van der Waals surface area contributed by atoms with Crippen LogP contribution in [0.25, 0.3) is 0 Å². The third kappa shape index (κ3) is 3.56. The van der Waals surface area contributed by atoms with Crippen molar-refractivity contribution in [1.82, 2.24) is 15.1 Å². The average Bonchev–Trinajstić information content (AvgIpc) is 2.78. The van der Waals surface area contributed by atoms with Gasteiger partial charge in [0.2, 0.25) is 0 Å². The zero-order chi connectivity index (χ0) is 12.1. The maximum atomic E-state index is 10.4. The molecule has 1 saturated carbocycles. The number of hydrogen-bond acceptors (Lipinski definition) is 3. The number of rotatable bonds is 5. The van der Waals surface area contributed by atoms with E-state index in [1.165, 1.54) is 32.1 Å². The second-order valence-corrected chi connectivity index (χ2v) is 4.58. The SMILES string of the molecule is O=C(O)CNCc1ccn(C2CCCCC2)n1. The zero-order valence-corrected chi connectivity index (χ0v) is 9.93. The Morgan fingerprint density at radius 3 is 2.94 bits per heavy atom. The van der Waals surface area contributed by atoms with Crippen molar-refractivity contribution in [2.24, 2.45) is 0 Å². The van der Waals surface area contributed by atoms with E-state index in [0.717, 1.165) is 5.69 Å². The molecule has 0 unspecified atom stereocenters. The van der Waals surface area contributed by atoms with Crippen LogP contribution in [-0.2, 0) is 11.3 Å². The lowest BCUT2D eigenvalue weighted by Gasteiger charge is -2.21. The molecule has 1 aromatic heterocycles. The Morgan fingerprint density at radius 1 is 1.47 bits per heavy atom. The summed E-state index contributed by atoms with van der Waals surface area (Å²) >= 11 is 0. The highest BCUT2D eigenvalue weighted by Crippen LogP contribution is 2.27. The van der Waals surface area contributed by atoms with Gasteiger partial charge in [-0.15, -0.1) is 0 Å². The third-order valence-electron chi connectivity index (χ3n) is 3.19. The van der Waals surface area contributed by atoms with E-state index in [4.69, 9.17) is 5.11 Å². The summed E-state index contributed by atoms with van der Waals surface area (Å²) in [5.74, 6) is -0.836. The van der Waals surface area contributed by atoms with E-state index < -0.39 is 5.97 Å². The van der Waals surface area contributed by atoms with E-state index in [0.29, 0.717) is 12.6 Å². The lowest BCUT2D eigenvalue weighted by atomic mass is 9.96. The average molecular weight is 237 g/mol. The molecule has 5 heteroatoms. The Morgan fingerprint density at radius 2 is 2.24 bits per heavy atom. The highest BCUT2D eigenvalue weighted by Gasteiger charge is 2.15. The van der Waals surface area contributed by atoms with Crippen LogP contribution in [0.2, 0.25) is 0 Å². The van der Waals surface area contributed by atoms with Gasteiger partial charge in [-0.2, -0.15) is 5.10 Å². The van der Waals surface area contributed by atoms with Crippen molar-refractivity contribution in [3.63, 3.8) is 0 Å². The summed E-state index contributed by atoms with van der Waals surface area (Å²) in [6.07, 6.45) is 8.35. The predicted molar refractivity (Wildman–Crippen MR) is 63.7 cm³/mol. The van der Waals surface area contributed by atoms with Crippen molar-refractivity contribution in [1.29, 1.82) is 0 Å². The van der Waals surface area contributed by atoms with Gasteiger partial charge in [0, 0.05) is 12.7 Å². The molecule has 1 aromatic rings. The fraction of sp³-hybridized carbons (Fsp3) is 0.667. The summed E-state index contributed by atoms with van der Waals surface area (Å²) in [6, 6.07) is 2.50. The first-order valence-corrected chi connectivity index (χ1v) is 6.22. The van der Waals surface area contributed by atoms with Gasteiger partial charge in [0.1, 0.15) is 0 Å². The number of aromatic nitrogens is 2. The molecule has 1 heterocycles. The second-order valence-electron chi connectivity index (χ2n) is 4.58. The molecule has 17 heavy (non-hydrogen) atoms. The Bertz CT molecular complexity index is 370. The summed E-state index contributed by atoms with van der Waals surface area (Å²) < 4.78 is 2.04. The van der Waals surface area contributed by atoms with Crippen LogP contribution < -0.4 is 5.32 Å². The third-order valence-corrected chi connectivity index (χ3v) is 3.19. The smallest absolute Gasteiger partial charge is 0.317 e. The number of hydrogen-bond donors (Lipinski definition) is 2. The van der Waals surface area contributed by atoms with Gasteiger partial charge in [0.25, 0.3) is 0 Å². The standard InChI is InChI=1S/C12H19N3O2/c16-12(17)9-13-8-10-6-7-15(14-10)11-4-2-1-3-5-11/h6-7,11,13H,1-5,8-9H2,(H,16,17).